The van der Waals surface area contributed by atoms with Gasteiger partial charge < -0.3 is 14.8 Å². The zero-order chi connectivity index (χ0) is 12.8. The molecule has 1 heterocycles. The van der Waals surface area contributed by atoms with Crippen molar-refractivity contribution < 1.29 is 14.3 Å². The summed E-state index contributed by atoms with van der Waals surface area (Å²) in [5.74, 6) is 0.570. The Morgan fingerprint density at radius 1 is 1.50 bits per heavy atom. The highest BCUT2D eigenvalue weighted by Crippen LogP contribution is 2.22. The third-order valence-corrected chi connectivity index (χ3v) is 3.03. The highest BCUT2D eigenvalue weighted by Gasteiger charge is 2.22. The molecule has 1 aromatic carbocycles. The Labute approximate surface area is 111 Å². The molecule has 1 aliphatic heterocycles. The van der Waals surface area contributed by atoms with Gasteiger partial charge in [-0.3, -0.25) is 4.79 Å². The molecule has 4 nitrogen and oxygen atoms in total. The lowest BCUT2D eigenvalue weighted by molar-refractivity contribution is -0.130. The fourth-order valence-corrected chi connectivity index (χ4v) is 1.99. The molecule has 2 rings (SSSR count). The molecule has 0 radical (unpaired) electrons. The van der Waals surface area contributed by atoms with Crippen LogP contribution in [-0.2, 0) is 9.53 Å². The van der Waals surface area contributed by atoms with Crippen molar-refractivity contribution in [2.75, 3.05) is 19.8 Å². The molecule has 0 aliphatic carbocycles. The number of para-hydroxylation sites is 1. The van der Waals surface area contributed by atoms with Crippen molar-refractivity contribution in [1.29, 1.82) is 0 Å². The van der Waals surface area contributed by atoms with Gasteiger partial charge in [0.05, 0.1) is 11.6 Å². The number of hydrogen-bond acceptors (Lipinski definition) is 3. The topological polar surface area (TPSA) is 47.6 Å². The molecule has 18 heavy (non-hydrogen) atoms. The van der Waals surface area contributed by atoms with Gasteiger partial charge in [0.2, 0.25) is 5.91 Å². The van der Waals surface area contributed by atoms with E-state index in [1.807, 2.05) is 12.1 Å². The summed E-state index contributed by atoms with van der Waals surface area (Å²) in [5, 5.41) is 3.35. The molecular weight excluding hydrogens is 254 g/mol. The highest BCUT2D eigenvalue weighted by molar-refractivity contribution is 6.32. The third kappa shape index (κ3) is 3.62. The second-order valence-corrected chi connectivity index (χ2v) is 4.48. The SMILES string of the molecule is O=C(NCCOc1ccccc1Cl)C1CCCO1. The van der Waals surface area contributed by atoms with Crippen LogP contribution in [0.25, 0.3) is 0 Å². The number of amides is 1. The first kappa shape index (κ1) is 13.2. The molecule has 1 unspecified atom stereocenters. The van der Waals surface area contributed by atoms with Gasteiger partial charge in [-0.05, 0) is 25.0 Å². The number of nitrogens with one attached hydrogen (secondary N) is 1. The predicted octanol–water partition coefficient (Wildman–Crippen LogP) is 2.01. The maximum absolute atomic E-state index is 11.6. The lowest BCUT2D eigenvalue weighted by Crippen LogP contribution is -2.36. The van der Waals surface area contributed by atoms with Gasteiger partial charge in [0, 0.05) is 6.61 Å². The number of benzene rings is 1. The number of carbonyl (C=O) groups is 1. The van der Waals surface area contributed by atoms with Crippen LogP contribution < -0.4 is 10.1 Å². The molecule has 1 amide bonds. The smallest absolute Gasteiger partial charge is 0.249 e. The van der Waals surface area contributed by atoms with Gasteiger partial charge in [-0.1, -0.05) is 23.7 Å². The van der Waals surface area contributed by atoms with E-state index >= 15 is 0 Å². The predicted molar refractivity (Wildman–Crippen MR) is 68.9 cm³/mol. The molecule has 0 spiro atoms. The fourth-order valence-electron chi connectivity index (χ4n) is 1.80. The van der Waals surface area contributed by atoms with Crippen LogP contribution in [0.5, 0.6) is 5.75 Å². The minimum absolute atomic E-state index is 0.0599. The maximum Gasteiger partial charge on any atom is 0.249 e. The molecule has 5 heteroatoms. The molecule has 98 valence electrons. The van der Waals surface area contributed by atoms with Crippen LogP contribution in [0.3, 0.4) is 0 Å². The molecule has 0 aromatic heterocycles. The second kappa shape index (κ2) is 6.61. The summed E-state index contributed by atoms with van der Waals surface area (Å²) in [6, 6.07) is 7.26. The van der Waals surface area contributed by atoms with Gasteiger partial charge in [0.15, 0.2) is 0 Å². The van der Waals surface area contributed by atoms with Gasteiger partial charge in [-0.25, -0.2) is 0 Å². The van der Waals surface area contributed by atoms with E-state index in [2.05, 4.69) is 5.32 Å². The van der Waals surface area contributed by atoms with Crippen LogP contribution in [-0.4, -0.2) is 31.8 Å². The van der Waals surface area contributed by atoms with Crippen LogP contribution in [0.4, 0.5) is 0 Å². The number of rotatable bonds is 5. The number of hydrogen-bond donors (Lipinski definition) is 1. The van der Waals surface area contributed by atoms with Crippen molar-refractivity contribution in [2.45, 2.75) is 18.9 Å². The average Bonchev–Trinajstić information content (AvgIpc) is 2.90. The average molecular weight is 270 g/mol. The third-order valence-electron chi connectivity index (χ3n) is 2.72. The van der Waals surface area contributed by atoms with Crippen molar-refractivity contribution in [3.05, 3.63) is 29.3 Å². The molecule has 1 N–H and O–H groups in total. The summed E-state index contributed by atoms with van der Waals surface area (Å²) in [6.45, 7) is 1.51. The van der Waals surface area contributed by atoms with Gasteiger partial charge in [0.25, 0.3) is 0 Å². The van der Waals surface area contributed by atoms with E-state index < -0.39 is 0 Å². The first-order valence-electron chi connectivity index (χ1n) is 6.04. The zero-order valence-corrected chi connectivity index (χ0v) is 10.8. The Morgan fingerprint density at radius 2 is 2.33 bits per heavy atom. The monoisotopic (exact) mass is 269 g/mol. The molecule has 1 aromatic rings. The Kier molecular flexibility index (Phi) is 4.84. The fraction of sp³-hybridized carbons (Fsp3) is 0.462. The van der Waals surface area contributed by atoms with Crippen molar-refractivity contribution in [2.24, 2.45) is 0 Å². The summed E-state index contributed by atoms with van der Waals surface area (Å²) in [4.78, 5) is 11.6. The first-order chi connectivity index (χ1) is 8.77. The summed E-state index contributed by atoms with van der Waals surface area (Å²) in [5.41, 5.74) is 0. The van der Waals surface area contributed by atoms with Crippen molar-refractivity contribution >= 4 is 17.5 Å². The van der Waals surface area contributed by atoms with Gasteiger partial charge >= 0.3 is 0 Å². The minimum Gasteiger partial charge on any atom is -0.490 e. The van der Waals surface area contributed by atoms with Gasteiger partial charge in [-0.15, -0.1) is 0 Å². The Bertz CT molecular complexity index is 405. The normalized spacial score (nSPS) is 18.6. The van der Waals surface area contributed by atoms with Crippen LogP contribution >= 0.6 is 11.6 Å². The largest absolute Gasteiger partial charge is 0.490 e. The molecular formula is C13H16ClNO3. The van der Waals surface area contributed by atoms with E-state index in [1.165, 1.54) is 0 Å². The van der Waals surface area contributed by atoms with Crippen molar-refractivity contribution in [3.8, 4) is 5.75 Å². The van der Waals surface area contributed by atoms with E-state index in [1.54, 1.807) is 12.1 Å². The molecule has 0 saturated carbocycles. The summed E-state index contributed by atoms with van der Waals surface area (Å²) in [6.07, 6.45) is 1.47. The van der Waals surface area contributed by atoms with Gasteiger partial charge in [0.1, 0.15) is 18.5 Å². The quantitative estimate of drug-likeness (QED) is 0.832. The number of carbonyl (C=O) groups excluding carboxylic acids is 1. The summed E-state index contributed by atoms with van der Waals surface area (Å²) >= 11 is 5.94. The van der Waals surface area contributed by atoms with E-state index in [4.69, 9.17) is 21.1 Å². The van der Waals surface area contributed by atoms with E-state index in [9.17, 15) is 4.79 Å². The van der Waals surface area contributed by atoms with Crippen LogP contribution in [0.1, 0.15) is 12.8 Å². The number of ether oxygens (including phenoxy) is 2. The first-order valence-corrected chi connectivity index (χ1v) is 6.42. The van der Waals surface area contributed by atoms with Gasteiger partial charge in [-0.2, -0.15) is 0 Å². The molecule has 1 saturated heterocycles. The standard InChI is InChI=1S/C13H16ClNO3/c14-10-4-1-2-5-11(10)18-9-7-15-13(16)12-6-3-8-17-12/h1-2,4-5,12H,3,6-9H2,(H,15,16). The van der Waals surface area contributed by atoms with Crippen LogP contribution in [0.15, 0.2) is 24.3 Å². The summed E-state index contributed by atoms with van der Waals surface area (Å²) in [7, 11) is 0. The lowest BCUT2D eigenvalue weighted by Gasteiger charge is -2.11. The van der Waals surface area contributed by atoms with E-state index in [0.717, 1.165) is 12.8 Å². The molecule has 0 bridgehead atoms. The second-order valence-electron chi connectivity index (χ2n) is 4.07. The van der Waals surface area contributed by atoms with Crippen LogP contribution in [0.2, 0.25) is 5.02 Å². The van der Waals surface area contributed by atoms with Crippen molar-refractivity contribution in [3.63, 3.8) is 0 Å². The van der Waals surface area contributed by atoms with E-state index in [-0.39, 0.29) is 12.0 Å². The maximum atomic E-state index is 11.6. The minimum atomic E-state index is -0.287. The highest BCUT2D eigenvalue weighted by atomic mass is 35.5. The Balaban J connectivity index is 1.67. The molecule has 1 fully saturated rings. The lowest BCUT2D eigenvalue weighted by atomic mass is 10.2. The molecule has 1 atom stereocenters. The molecule has 1 aliphatic rings. The Hall–Kier alpha value is -1.26. The Morgan fingerprint density at radius 3 is 3.06 bits per heavy atom. The summed E-state index contributed by atoms with van der Waals surface area (Å²) < 4.78 is 10.7. The zero-order valence-electron chi connectivity index (χ0n) is 10.0. The van der Waals surface area contributed by atoms with Crippen molar-refractivity contribution in [1.82, 2.24) is 5.32 Å². The van der Waals surface area contributed by atoms with Crippen LogP contribution in [0, 0.1) is 0 Å². The van der Waals surface area contributed by atoms with E-state index in [0.29, 0.717) is 30.5 Å². The number of halogens is 1.